The fraction of sp³-hybridized carbons (Fsp3) is 0.778. The van der Waals surface area contributed by atoms with Gasteiger partial charge in [-0.15, -0.1) is 0 Å². The molecule has 0 radical (unpaired) electrons. The molecule has 0 aromatic heterocycles. The molecule has 0 spiro atoms. The second kappa shape index (κ2) is 9.33. The van der Waals surface area contributed by atoms with Crippen LogP contribution in [0.1, 0.15) is 98.8 Å². The minimum Gasteiger partial charge on any atom is -0.393 e. The zero-order chi connectivity index (χ0) is 20.3. The molecule has 1 N–H and O–H groups in total. The number of hydrogen-bond donors (Lipinski definition) is 1. The highest BCUT2D eigenvalue weighted by Gasteiger charge is 2.49. The van der Waals surface area contributed by atoms with Gasteiger partial charge in [0.05, 0.1) is 6.10 Å². The first kappa shape index (κ1) is 21.9. The molecule has 0 amide bonds. The van der Waals surface area contributed by atoms with E-state index >= 15 is 0 Å². The zero-order valence-electron chi connectivity index (χ0n) is 19.1. The Morgan fingerprint density at radius 3 is 2.68 bits per heavy atom. The van der Waals surface area contributed by atoms with Crippen LogP contribution in [0.3, 0.4) is 0 Å². The summed E-state index contributed by atoms with van der Waals surface area (Å²) >= 11 is 0. The first-order valence-electron chi connectivity index (χ1n) is 12.1. The van der Waals surface area contributed by atoms with Crippen molar-refractivity contribution in [1.29, 1.82) is 0 Å². The molecule has 1 nitrogen and oxygen atoms in total. The van der Waals surface area contributed by atoms with Gasteiger partial charge in [0.25, 0.3) is 0 Å². The molecule has 0 aromatic carbocycles. The molecule has 0 unspecified atom stereocenters. The Labute approximate surface area is 174 Å². The molecule has 0 aliphatic heterocycles. The van der Waals surface area contributed by atoms with Crippen molar-refractivity contribution in [3.63, 3.8) is 0 Å². The van der Waals surface area contributed by atoms with E-state index in [1.54, 1.807) is 5.57 Å². The van der Waals surface area contributed by atoms with Crippen LogP contribution >= 0.6 is 0 Å². The molecular weight excluding hydrogens is 340 g/mol. The van der Waals surface area contributed by atoms with E-state index in [9.17, 15) is 5.11 Å². The highest BCUT2D eigenvalue weighted by molar-refractivity contribution is 5.36. The Kier molecular flexibility index (Phi) is 7.29. The number of rotatable bonds is 7. The molecule has 0 saturated heterocycles. The maximum Gasteiger partial charge on any atom is 0.0583 e. The number of aliphatic hydroxyl groups is 1. The normalized spacial score (nSPS) is 34.8. The van der Waals surface area contributed by atoms with Gasteiger partial charge >= 0.3 is 0 Å². The van der Waals surface area contributed by atoms with E-state index in [2.05, 4.69) is 52.8 Å². The number of aliphatic hydroxyl groups excluding tert-OH is 1. The molecule has 0 aromatic rings. The van der Waals surface area contributed by atoms with Crippen molar-refractivity contribution in [3.8, 4) is 0 Å². The lowest BCUT2D eigenvalue weighted by Crippen LogP contribution is -2.35. The molecule has 158 valence electrons. The van der Waals surface area contributed by atoms with Crippen molar-refractivity contribution >= 4 is 0 Å². The predicted octanol–water partition coefficient (Wildman–Crippen LogP) is 7.62. The molecule has 1 heteroatoms. The van der Waals surface area contributed by atoms with Crippen LogP contribution in [0.2, 0.25) is 0 Å². The molecule has 1 fully saturated rings. The monoisotopic (exact) mass is 384 g/mol. The highest BCUT2D eigenvalue weighted by atomic mass is 16.3. The van der Waals surface area contributed by atoms with Gasteiger partial charge in [0.2, 0.25) is 0 Å². The zero-order valence-corrected chi connectivity index (χ0v) is 19.1. The van der Waals surface area contributed by atoms with E-state index in [1.807, 2.05) is 0 Å². The third-order valence-corrected chi connectivity index (χ3v) is 8.34. The summed E-state index contributed by atoms with van der Waals surface area (Å²) in [7, 11) is 0. The molecule has 28 heavy (non-hydrogen) atoms. The fourth-order valence-electron chi connectivity index (χ4n) is 6.51. The van der Waals surface area contributed by atoms with Crippen LogP contribution in [-0.2, 0) is 0 Å². The van der Waals surface area contributed by atoms with Crippen LogP contribution in [0.15, 0.2) is 34.9 Å². The van der Waals surface area contributed by atoms with Gasteiger partial charge < -0.3 is 5.11 Å². The Morgan fingerprint density at radius 2 is 1.93 bits per heavy atom. The second-order valence-electron chi connectivity index (χ2n) is 10.8. The molecule has 3 aliphatic rings. The first-order valence-corrected chi connectivity index (χ1v) is 12.1. The third-order valence-electron chi connectivity index (χ3n) is 8.34. The van der Waals surface area contributed by atoms with Crippen LogP contribution in [0.25, 0.3) is 0 Å². The maximum absolute atomic E-state index is 10.0. The topological polar surface area (TPSA) is 20.2 Å². The average Bonchev–Trinajstić information content (AvgIpc) is 2.99. The summed E-state index contributed by atoms with van der Waals surface area (Å²) in [5, 5.41) is 10.0. The summed E-state index contributed by atoms with van der Waals surface area (Å²) in [4.78, 5) is 0. The summed E-state index contributed by atoms with van der Waals surface area (Å²) < 4.78 is 0. The van der Waals surface area contributed by atoms with Gasteiger partial charge in [-0.1, -0.05) is 70.8 Å². The number of hydrogen-bond acceptors (Lipinski definition) is 1. The number of allylic oxidation sites excluding steroid dienone is 5. The van der Waals surface area contributed by atoms with Crippen molar-refractivity contribution in [2.24, 2.45) is 29.1 Å². The summed E-state index contributed by atoms with van der Waals surface area (Å²) in [5.41, 5.74) is 4.93. The van der Waals surface area contributed by atoms with E-state index in [0.29, 0.717) is 5.41 Å². The maximum atomic E-state index is 10.0. The number of fused-ring (bicyclic) bond motifs is 1. The standard InChI is InChI=1S/C27H44O/c1-19(2)8-6-9-21(4)25-15-16-26-22(10-7-17-27(25,26)5)12-13-23-18-24(28)14-11-20(23)3/h10,12-13,19,21,24-26,28H,6-9,11,14-18H2,1-5H3/b13-12-/t21-,24+,25-,26+,27-/m1/s1. The summed E-state index contributed by atoms with van der Waals surface area (Å²) in [5.74, 6) is 3.32. The van der Waals surface area contributed by atoms with Gasteiger partial charge in [-0.3, -0.25) is 0 Å². The van der Waals surface area contributed by atoms with Crippen LogP contribution < -0.4 is 0 Å². The van der Waals surface area contributed by atoms with Gasteiger partial charge in [0.15, 0.2) is 0 Å². The molecular formula is C27H44O. The van der Waals surface area contributed by atoms with E-state index in [4.69, 9.17) is 0 Å². The average molecular weight is 385 g/mol. The summed E-state index contributed by atoms with van der Waals surface area (Å²) in [6.45, 7) is 12.1. The minimum atomic E-state index is -0.142. The lowest BCUT2D eigenvalue weighted by atomic mass is 9.62. The van der Waals surface area contributed by atoms with Crippen LogP contribution in [0.5, 0.6) is 0 Å². The molecule has 5 atom stereocenters. The lowest BCUT2D eigenvalue weighted by molar-refractivity contribution is 0.107. The van der Waals surface area contributed by atoms with Gasteiger partial charge in [-0.2, -0.15) is 0 Å². The largest absolute Gasteiger partial charge is 0.393 e. The Balaban J connectivity index is 1.67. The molecule has 0 heterocycles. The van der Waals surface area contributed by atoms with Gasteiger partial charge in [-0.25, -0.2) is 0 Å². The van der Waals surface area contributed by atoms with Crippen molar-refractivity contribution in [2.75, 3.05) is 0 Å². The molecule has 0 bridgehead atoms. The predicted molar refractivity (Wildman–Crippen MR) is 121 cm³/mol. The van der Waals surface area contributed by atoms with Crippen LogP contribution in [0.4, 0.5) is 0 Å². The quantitative estimate of drug-likeness (QED) is 0.478. The second-order valence-corrected chi connectivity index (χ2v) is 10.8. The van der Waals surface area contributed by atoms with Crippen molar-refractivity contribution in [3.05, 3.63) is 34.9 Å². The van der Waals surface area contributed by atoms with Crippen molar-refractivity contribution in [2.45, 2.75) is 105 Å². The highest BCUT2D eigenvalue weighted by Crippen LogP contribution is 2.58. The van der Waals surface area contributed by atoms with Crippen LogP contribution in [0, 0.1) is 29.1 Å². The minimum absolute atomic E-state index is 0.142. The third kappa shape index (κ3) is 4.84. The van der Waals surface area contributed by atoms with Gasteiger partial charge in [-0.05, 0) is 92.1 Å². The SMILES string of the molecule is CC1=C(/C=C\C2=CCC[C@]3(C)[C@@H]([C@H](C)CCCC(C)C)CC[C@@H]23)C[C@@H](O)CC1. The van der Waals surface area contributed by atoms with Gasteiger partial charge in [0.1, 0.15) is 0 Å². The van der Waals surface area contributed by atoms with Crippen LogP contribution in [-0.4, -0.2) is 11.2 Å². The molecule has 3 aliphatic carbocycles. The fourth-order valence-corrected chi connectivity index (χ4v) is 6.51. The van der Waals surface area contributed by atoms with E-state index in [0.717, 1.165) is 42.9 Å². The van der Waals surface area contributed by atoms with Gasteiger partial charge in [0, 0.05) is 0 Å². The molecule has 1 saturated carbocycles. The van der Waals surface area contributed by atoms with E-state index in [1.165, 1.54) is 56.1 Å². The lowest BCUT2D eigenvalue weighted by Gasteiger charge is -2.43. The summed E-state index contributed by atoms with van der Waals surface area (Å²) in [6, 6.07) is 0. The molecule has 3 rings (SSSR count). The Bertz CT molecular complexity index is 622. The van der Waals surface area contributed by atoms with Crippen molar-refractivity contribution in [1.82, 2.24) is 0 Å². The van der Waals surface area contributed by atoms with Crippen molar-refractivity contribution < 1.29 is 5.11 Å². The smallest absolute Gasteiger partial charge is 0.0583 e. The van der Waals surface area contributed by atoms with E-state index in [-0.39, 0.29) is 6.10 Å². The first-order chi connectivity index (χ1) is 13.3. The Morgan fingerprint density at radius 1 is 1.14 bits per heavy atom. The summed E-state index contributed by atoms with van der Waals surface area (Å²) in [6.07, 6.45) is 19.5. The van der Waals surface area contributed by atoms with E-state index < -0.39 is 0 Å². The Hall–Kier alpha value is -0.820.